The minimum absolute atomic E-state index is 0.409. The predicted octanol–water partition coefficient (Wildman–Crippen LogP) is 3.92. The summed E-state index contributed by atoms with van der Waals surface area (Å²) in [5.74, 6) is 0. The van der Waals surface area contributed by atoms with Crippen molar-refractivity contribution in [2.45, 2.75) is 32.7 Å². The highest BCUT2D eigenvalue weighted by Crippen LogP contribution is 2.19. The Morgan fingerprint density at radius 3 is 2.45 bits per heavy atom. The number of hydrogen-bond acceptors (Lipinski definition) is 2. The minimum Gasteiger partial charge on any atom is -0.289 e. The molecule has 0 aliphatic heterocycles. The van der Waals surface area contributed by atoms with Gasteiger partial charge in [-0.1, -0.05) is 42.0 Å². The van der Waals surface area contributed by atoms with Gasteiger partial charge in [-0.05, 0) is 50.6 Å². The molecule has 0 amide bonds. The lowest BCUT2D eigenvalue weighted by molar-refractivity contribution is 0.214. The van der Waals surface area contributed by atoms with Crippen molar-refractivity contribution >= 4 is 10.8 Å². The molecule has 0 radical (unpaired) electrons. The molecule has 0 N–H and O–H groups in total. The third-order valence-corrected chi connectivity index (χ3v) is 4.02. The normalized spacial score (nSPS) is 11.8. The second-order valence-electron chi connectivity index (χ2n) is 6.03. The second kappa shape index (κ2) is 5.64. The fourth-order valence-electron chi connectivity index (χ4n) is 2.23. The van der Waals surface area contributed by atoms with Gasteiger partial charge >= 0.3 is 0 Å². The van der Waals surface area contributed by atoms with E-state index in [2.05, 4.69) is 54.3 Å². The minimum atomic E-state index is -0.409. The molecular weight excluding hydrogens is 244 g/mol. The van der Waals surface area contributed by atoms with E-state index in [1.807, 2.05) is 20.9 Å². The third-order valence-electron chi connectivity index (χ3n) is 4.02. The van der Waals surface area contributed by atoms with Gasteiger partial charge in [0.15, 0.2) is 0 Å². The fraction of sp³-hybridized carbons (Fsp3) is 0.389. The van der Waals surface area contributed by atoms with Crippen molar-refractivity contribution in [1.82, 2.24) is 4.90 Å². The summed E-state index contributed by atoms with van der Waals surface area (Å²) in [4.78, 5) is 2.10. The number of nitriles is 1. The number of aryl methyl sites for hydroxylation is 1. The molecule has 20 heavy (non-hydrogen) atoms. The lowest BCUT2D eigenvalue weighted by Gasteiger charge is -2.28. The maximum Gasteiger partial charge on any atom is 0.103 e. The molecule has 2 aromatic carbocycles. The highest BCUT2D eigenvalue weighted by molar-refractivity contribution is 5.83. The maximum atomic E-state index is 9.14. The van der Waals surface area contributed by atoms with Crippen LogP contribution in [0.25, 0.3) is 10.8 Å². The quantitative estimate of drug-likeness (QED) is 0.838. The molecule has 0 spiro atoms. The molecule has 0 aliphatic rings. The molecule has 2 heteroatoms. The highest BCUT2D eigenvalue weighted by atomic mass is 15.2. The Morgan fingerprint density at radius 1 is 1.10 bits per heavy atom. The van der Waals surface area contributed by atoms with Crippen molar-refractivity contribution in [1.29, 1.82) is 5.26 Å². The summed E-state index contributed by atoms with van der Waals surface area (Å²) in [6.07, 6.45) is 0.964. The van der Waals surface area contributed by atoms with Crippen LogP contribution in [0.3, 0.4) is 0 Å². The van der Waals surface area contributed by atoms with Crippen LogP contribution in [-0.2, 0) is 6.42 Å². The first-order chi connectivity index (χ1) is 9.42. The zero-order valence-electron chi connectivity index (χ0n) is 12.8. The summed E-state index contributed by atoms with van der Waals surface area (Å²) in [6.45, 7) is 6.91. The summed E-state index contributed by atoms with van der Waals surface area (Å²) in [6, 6.07) is 15.5. The van der Waals surface area contributed by atoms with Gasteiger partial charge in [-0.3, -0.25) is 4.90 Å². The van der Waals surface area contributed by atoms with Crippen LogP contribution >= 0.6 is 0 Å². The Hall–Kier alpha value is -1.85. The summed E-state index contributed by atoms with van der Waals surface area (Å²) in [5.41, 5.74) is 2.20. The van der Waals surface area contributed by atoms with Gasteiger partial charge in [-0.2, -0.15) is 5.26 Å². The fourth-order valence-corrected chi connectivity index (χ4v) is 2.23. The Kier molecular flexibility index (Phi) is 4.11. The van der Waals surface area contributed by atoms with Gasteiger partial charge < -0.3 is 0 Å². The van der Waals surface area contributed by atoms with Crippen LogP contribution in [0.15, 0.2) is 36.4 Å². The van der Waals surface area contributed by atoms with Gasteiger partial charge in [0.1, 0.15) is 5.54 Å². The molecule has 2 aromatic rings. The molecule has 0 heterocycles. The van der Waals surface area contributed by atoms with Crippen molar-refractivity contribution < 1.29 is 0 Å². The molecule has 0 bridgehead atoms. The van der Waals surface area contributed by atoms with Crippen LogP contribution in [0.4, 0.5) is 0 Å². The van der Waals surface area contributed by atoms with Crippen LogP contribution in [0.5, 0.6) is 0 Å². The Balaban J connectivity index is 2.11. The van der Waals surface area contributed by atoms with E-state index in [1.165, 1.54) is 21.9 Å². The Morgan fingerprint density at radius 2 is 1.75 bits per heavy atom. The summed E-state index contributed by atoms with van der Waals surface area (Å²) < 4.78 is 0. The Bertz CT molecular complexity index is 650. The van der Waals surface area contributed by atoms with Gasteiger partial charge in [-0.25, -0.2) is 0 Å². The molecule has 2 nitrogen and oxygen atoms in total. The van der Waals surface area contributed by atoms with Crippen LogP contribution < -0.4 is 0 Å². The standard InChI is InChI=1S/C18H22N2/c1-14-5-7-17-12-15(6-8-16(17)11-14)9-10-20(4)18(2,3)13-19/h5-8,11-12H,9-10H2,1-4H3. The second-order valence-corrected chi connectivity index (χ2v) is 6.03. The first-order valence-electron chi connectivity index (χ1n) is 7.04. The van der Waals surface area contributed by atoms with E-state index < -0.39 is 5.54 Å². The summed E-state index contributed by atoms with van der Waals surface area (Å²) in [5, 5.41) is 11.7. The first kappa shape index (κ1) is 14.6. The van der Waals surface area contributed by atoms with E-state index in [0.29, 0.717) is 0 Å². The molecule has 0 saturated heterocycles. The van der Waals surface area contributed by atoms with E-state index in [0.717, 1.165) is 13.0 Å². The van der Waals surface area contributed by atoms with Crippen molar-refractivity contribution in [2.24, 2.45) is 0 Å². The summed E-state index contributed by atoms with van der Waals surface area (Å²) >= 11 is 0. The third kappa shape index (κ3) is 3.18. The number of hydrogen-bond donors (Lipinski definition) is 0. The van der Waals surface area contributed by atoms with Gasteiger partial charge in [0.05, 0.1) is 6.07 Å². The number of likely N-dealkylation sites (N-methyl/N-ethyl adjacent to an activating group) is 1. The first-order valence-corrected chi connectivity index (χ1v) is 7.04. The number of rotatable bonds is 4. The average Bonchev–Trinajstić information content (AvgIpc) is 2.44. The molecule has 104 valence electrons. The monoisotopic (exact) mass is 266 g/mol. The smallest absolute Gasteiger partial charge is 0.103 e. The lowest BCUT2D eigenvalue weighted by Crippen LogP contribution is -2.40. The zero-order valence-corrected chi connectivity index (χ0v) is 12.8. The van der Waals surface area contributed by atoms with Gasteiger partial charge in [0.25, 0.3) is 0 Å². The van der Waals surface area contributed by atoms with Gasteiger partial charge in [-0.15, -0.1) is 0 Å². The molecular formula is C18H22N2. The molecule has 0 aliphatic carbocycles. The molecule has 0 saturated carbocycles. The molecule has 0 atom stereocenters. The summed E-state index contributed by atoms with van der Waals surface area (Å²) in [7, 11) is 2.01. The van der Waals surface area contributed by atoms with Crippen LogP contribution in [0.2, 0.25) is 0 Å². The topological polar surface area (TPSA) is 27.0 Å². The lowest BCUT2D eigenvalue weighted by atomic mass is 10.0. The van der Waals surface area contributed by atoms with Crippen molar-refractivity contribution in [2.75, 3.05) is 13.6 Å². The number of fused-ring (bicyclic) bond motifs is 1. The van der Waals surface area contributed by atoms with Crippen molar-refractivity contribution in [3.63, 3.8) is 0 Å². The predicted molar refractivity (Wildman–Crippen MR) is 84.7 cm³/mol. The van der Waals surface area contributed by atoms with E-state index in [-0.39, 0.29) is 0 Å². The van der Waals surface area contributed by atoms with Crippen LogP contribution in [0, 0.1) is 18.3 Å². The SMILES string of the molecule is Cc1ccc2cc(CCN(C)C(C)(C)C#N)ccc2c1. The number of nitrogens with zero attached hydrogens (tertiary/aromatic N) is 2. The van der Waals surface area contributed by atoms with Crippen LogP contribution in [-0.4, -0.2) is 24.0 Å². The van der Waals surface area contributed by atoms with E-state index in [4.69, 9.17) is 5.26 Å². The number of benzene rings is 2. The van der Waals surface area contributed by atoms with E-state index in [1.54, 1.807) is 0 Å². The highest BCUT2D eigenvalue weighted by Gasteiger charge is 2.22. The zero-order chi connectivity index (χ0) is 14.8. The van der Waals surface area contributed by atoms with E-state index in [9.17, 15) is 0 Å². The molecule has 0 fully saturated rings. The molecule has 0 aromatic heterocycles. The molecule has 2 rings (SSSR count). The average molecular weight is 266 g/mol. The Labute approximate surface area is 121 Å². The van der Waals surface area contributed by atoms with Crippen LogP contribution in [0.1, 0.15) is 25.0 Å². The molecule has 0 unspecified atom stereocenters. The van der Waals surface area contributed by atoms with Crippen molar-refractivity contribution in [3.05, 3.63) is 47.5 Å². The van der Waals surface area contributed by atoms with Crippen molar-refractivity contribution in [3.8, 4) is 6.07 Å². The maximum absolute atomic E-state index is 9.14. The van der Waals surface area contributed by atoms with Gasteiger partial charge in [0, 0.05) is 6.54 Å². The van der Waals surface area contributed by atoms with Gasteiger partial charge in [0.2, 0.25) is 0 Å². The van der Waals surface area contributed by atoms with E-state index >= 15 is 0 Å². The largest absolute Gasteiger partial charge is 0.289 e.